The van der Waals surface area contributed by atoms with Crippen molar-refractivity contribution in [2.75, 3.05) is 29.4 Å². The molecule has 0 bridgehead atoms. The van der Waals surface area contributed by atoms with Crippen LogP contribution in [0.25, 0.3) is 0 Å². The Bertz CT molecular complexity index is 1020. The van der Waals surface area contributed by atoms with Crippen LogP contribution in [0.4, 0.5) is 20.6 Å². The Morgan fingerprint density at radius 3 is 2.80 bits per heavy atom. The van der Waals surface area contributed by atoms with Crippen LogP contribution < -0.4 is 9.80 Å². The predicted molar refractivity (Wildman–Crippen MR) is 104 cm³/mol. The summed E-state index contributed by atoms with van der Waals surface area (Å²) in [5.41, 5.74) is 1.59. The number of hydrogen-bond donors (Lipinski definition) is 1. The number of cyclic esters (lactones) is 1. The lowest BCUT2D eigenvalue weighted by Crippen LogP contribution is -2.34. The molecule has 0 aliphatic carbocycles. The van der Waals surface area contributed by atoms with E-state index in [4.69, 9.17) is 15.3 Å². The van der Waals surface area contributed by atoms with Crippen LogP contribution in [0.3, 0.4) is 0 Å². The molecule has 3 heterocycles. The summed E-state index contributed by atoms with van der Waals surface area (Å²) in [5.74, 6) is -0.0245. The van der Waals surface area contributed by atoms with Crippen LogP contribution in [0.1, 0.15) is 30.7 Å². The summed E-state index contributed by atoms with van der Waals surface area (Å²) in [5, 5.41) is 27.7. The van der Waals surface area contributed by atoms with Crippen molar-refractivity contribution in [2.45, 2.75) is 31.8 Å². The summed E-state index contributed by atoms with van der Waals surface area (Å²) in [4.78, 5) is 15.7. The molecule has 1 aromatic carbocycles. The summed E-state index contributed by atoms with van der Waals surface area (Å²) in [6.07, 6.45) is 1.49. The Labute approximate surface area is 172 Å². The van der Waals surface area contributed by atoms with Gasteiger partial charge in [-0.25, -0.2) is 9.18 Å². The van der Waals surface area contributed by atoms with Crippen molar-refractivity contribution in [2.24, 2.45) is 5.92 Å². The van der Waals surface area contributed by atoms with Gasteiger partial charge in [-0.2, -0.15) is 10.5 Å². The first-order chi connectivity index (χ1) is 14.6. The van der Waals surface area contributed by atoms with Gasteiger partial charge in [0.15, 0.2) is 5.69 Å². The molecule has 2 fully saturated rings. The Balaban J connectivity index is 1.42. The molecule has 1 atom stereocenters. The molecular weight excluding hydrogens is 389 g/mol. The summed E-state index contributed by atoms with van der Waals surface area (Å²) in [6, 6.07) is 8.87. The van der Waals surface area contributed by atoms with Crippen LogP contribution >= 0.6 is 0 Å². The summed E-state index contributed by atoms with van der Waals surface area (Å²) < 4.78 is 20.2. The number of H-pyrrole nitrogens is 1. The topological polar surface area (TPSA) is 122 Å². The van der Waals surface area contributed by atoms with E-state index in [9.17, 15) is 9.18 Å². The first-order valence-electron chi connectivity index (χ1n) is 9.78. The van der Waals surface area contributed by atoms with E-state index in [0.717, 1.165) is 12.8 Å². The van der Waals surface area contributed by atoms with E-state index in [1.807, 2.05) is 11.0 Å². The van der Waals surface area contributed by atoms with Gasteiger partial charge < -0.3 is 9.64 Å². The number of rotatable bonds is 5. The van der Waals surface area contributed by atoms with Gasteiger partial charge in [0.1, 0.15) is 18.0 Å². The number of carbonyl (C=O) groups is 1. The molecule has 4 rings (SSSR count). The highest BCUT2D eigenvalue weighted by Crippen LogP contribution is 2.31. The van der Waals surface area contributed by atoms with Crippen LogP contribution in [0.5, 0.6) is 0 Å². The molecule has 2 aliphatic rings. The molecule has 2 aromatic rings. The van der Waals surface area contributed by atoms with Crippen molar-refractivity contribution >= 4 is 17.5 Å². The van der Waals surface area contributed by atoms with E-state index in [0.29, 0.717) is 42.5 Å². The minimum atomic E-state index is -0.560. The number of benzene rings is 1. The number of ether oxygens (including phenoxy) is 1. The maximum atomic E-state index is 14.8. The van der Waals surface area contributed by atoms with E-state index < -0.39 is 18.0 Å². The number of aromatic nitrogens is 3. The van der Waals surface area contributed by atoms with Gasteiger partial charge >= 0.3 is 6.09 Å². The zero-order valence-corrected chi connectivity index (χ0v) is 16.2. The van der Waals surface area contributed by atoms with Gasteiger partial charge in [0.25, 0.3) is 0 Å². The van der Waals surface area contributed by atoms with Crippen molar-refractivity contribution in [3.63, 3.8) is 0 Å². The highest BCUT2D eigenvalue weighted by Gasteiger charge is 2.34. The molecule has 30 heavy (non-hydrogen) atoms. The average molecular weight is 409 g/mol. The van der Waals surface area contributed by atoms with E-state index in [2.05, 4.69) is 21.5 Å². The van der Waals surface area contributed by atoms with Crippen LogP contribution in [0, 0.1) is 34.4 Å². The largest absolute Gasteiger partial charge is 0.444 e. The lowest BCUT2D eigenvalue weighted by Gasteiger charge is -2.33. The second-order valence-electron chi connectivity index (χ2n) is 7.50. The molecule has 0 unspecified atom stereocenters. The summed E-state index contributed by atoms with van der Waals surface area (Å²) in [6.45, 7) is 1.65. The number of piperidine rings is 1. The fraction of sp³-hybridized carbons (Fsp3) is 0.450. The van der Waals surface area contributed by atoms with Crippen molar-refractivity contribution in [1.29, 1.82) is 10.5 Å². The number of hydrogen-bond acceptors (Lipinski definition) is 7. The number of nitrogens with one attached hydrogen (secondary N) is 1. The third kappa shape index (κ3) is 3.90. The normalized spacial score (nSPS) is 19.4. The third-order valence-electron chi connectivity index (χ3n) is 5.61. The molecule has 10 heteroatoms. The van der Waals surface area contributed by atoms with Crippen LogP contribution in [0.2, 0.25) is 0 Å². The highest BCUT2D eigenvalue weighted by atomic mass is 19.1. The minimum absolute atomic E-state index is 0.165. The fourth-order valence-corrected chi connectivity index (χ4v) is 3.97. The van der Waals surface area contributed by atoms with E-state index >= 15 is 0 Å². The quantitative estimate of drug-likeness (QED) is 0.805. The molecule has 0 radical (unpaired) electrons. The maximum Gasteiger partial charge on any atom is 0.414 e. The van der Waals surface area contributed by atoms with Gasteiger partial charge in [0.05, 0.1) is 29.7 Å². The molecule has 154 valence electrons. The van der Waals surface area contributed by atoms with E-state index in [1.54, 1.807) is 12.1 Å². The van der Waals surface area contributed by atoms with Gasteiger partial charge in [-0.1, -0.05) is 5.21 Å². The lowest BCUT2D eigenvalue weighted by molar-refractivity contribution is 0.141. The lowest BCUT2D eigenvalue weighted by atomic mass is 9.94. The average Bonchev–Trinajstić information content (AvgIpc) is 3.35. The van der Waals surface area contributed by atoms with Crippen molar-refractivity contribution < 1.29 is 13.9 Å². The predicted octanol–water partition coefficient (Wildman–Crippen LogP) is 2.51. The zero-order valence-electron chi connectivity index (χ0n) is 16.2. The summed E-state index contributed by atoms with van der Waals surface area (Å²) >= 11 is 0. The minimum Gasteiger partial charge on any atom is -0.444 e. The van der Waals surface area contributed by atoms with E-state index in [-0.39, 0.29) is 18.7 Å². The zero-order chi connectivity index (χ0) is 21.1. The number of nitrogens with zero attached hydrogens (tertiary/aromatic N) is 6. The molecule has 1 aromatic heterocycles. The SMILES string of the molecule is N#CCC1CCN(c2ccc(N3C[C@H](Cc4[nH]nnc4C#N)OC3=O)cc2F)CC1. The second kappa shape index (κ2) is 8.37. The Morgan fingerprint density at radius 1 is 1.30 bits per heavy atom. The van der Waals surface area contributed by atoms with Crippen molar-refractivity contribution in [3.05, 3.63) is 35.4 Å². The van der Waals surface area contributed by atoms with Crippen molar-refractivity contribution in [3.8, 4) is 12.1 Å². The molecular formula is C20H20FN7O2. The van der Waals surface area contributed by atoms with Crippen LogP contribution in [0.15, 0.2) is 18.2 Å². The molecule has 9 nitrogen and oxygen atoms in total. The van der Waals surface area contributed by atoms with Gasteiger partial charge in [0, 0.05) is 25.9 Å². The highest BCUT2D eigenvalue weighted by molar-refractivity contribution is 5.90. The van der Waals surface area contributed by atoms with Crippen LogP contribution in [-0.4, -0.2) is 47.2 Å². The number of amides is 1. The monoisotopic (exact) mass is 409 g/mol. The first kappa shape index (κ1) is 19.6. The molecule has 1 N–H and O–H groups in total. The first-order valence-corrected chi connectivity index (χ1v) is 9.78. The van der Waals surface area contributed by atoms with Gasteiger partial charge in [-0.3, -0.25) is 10.00 Å². The van der Waals surface area contributed by atoms with Crippen LogP contribution in [-0.2, 0) is 11.2 Å². The number of carbonyl (C=O) groups excluding carboxylic acids is 1. The Kier molecular flexibility index (Phi) is 5.48. The Hall–Kier alpha value is -3.66. The van der Waals surface area contributed by atoms with Gasteiger partial charge in [-0.15, -0.1) is 5.10 Å². The summed E-state index contributed by atoms with van der Waals surface area (Å²) in [7, 11) is 0. The smallest absolute Gasteiger partial charge is 0.414 e. The number of anilines is 2. The van der Waals surface area contributed by atoms with Crippen molar-refractivity contribution in [1.82, 2.24) is 15.4 Å². The number of aromatic amines is 1. The number of nitriles is 2. The third-order valence-corrected chi connectivity index (χ3v) is 5.61. The van der Waals surface area contributed by atoms with Gasteiger partial charge in [-0.05, 0) is 37.0 Å². The standard InChI is InChI=1S/C20H20FN7O2/c21-16-9-14(1-2-19(16)27-7-4-13(3-6-22)5-8-27)28-12-15(30-20(28)29)10-17-18(11-23)25-26-24-17/h1-2,9,13,15H,3-5,7-8,10,12H2,(H,24,25,26)/t15-/m0/s1. The fourth-order valence-electron chi connectivity index (χ4n) is 3.97. The molecule has 1 amide bonds. The molecule has 0 spiro atoms. The molecule has 0 saturated carbocycles. The maximum absolute atomic E-state index is 14.8. The second-order valence-corrected chi connectivity index (χ2v) is 7.50. The van der Waals surface area contributed by atoms with E-state index in [1.165, 1.54) is 11.0 Å². The Morgan fingerprint density at radius 2 is 2.10 bits per heavy atom. The van der Waals surface area contributed by atoms with Gasteiger partial charge in [0.2, 0.25) is 0 Å². The molecule has 2 aliphatic heterocycles. The molecule has 2 saturated heterocycles. The number of halogens is 1.